The van der Waals surface area contributed by atoms with Crippen molar-refractivity contribution >= 4 is 44.8 Å². The van der Waals surface area contributed by atoms with Gasteiger partial charge in [0, 0.05) is 25.3 Å². The fourth-order valence-electron chi connectivity index (χ4n) is 5.08. The summed E-state index contributed by atoms with van der Waals surface area (Å²) in [6, 6.07) is 27.0. The van der Waals surface area contributed by atoms with Crippen molar-refractivity contribution in [2.45, 2.75) is 43.1 Å². The summed E-state index contributed by atoms with van der Waals surface area (Å²) in [5, 5.41) is 6.35. The number of urea groups is 1. The molecule has 1 aliphatic heterocycles. The Hall–Kier alpha value is -3.36. The lowest BCUT2D eigenvalue weighted by Crippen LogP contribution is -2.31. The summed E-state index contributed by atoms with van der Waals surface area (Å²) in [7, 11) is -3.57. The van der Waals surface area contributed by atoms with E-state index in [2.05, 4.69) is 45.9 Å². The minimum Gasteiger partial charge on any atom is -0.331 e. The van der Waals surface area contributed by atoms with Gasteiger partial charge < -0.3 is 10.6 Å². The van der Waals surface area contributed by atoms with Crippen LogP contribution in [0.5, 0.6) is 0 Å². The van der Waals surface area contributed by atoms with E-state index in [-0.39, 0.29) is 16.7 Å². The molecule has 0 radical (unpaired) electrons. The number of anilines is 1. The van der Waals surface area contributed by atoms with Crippen LogP contribution in [0.4, 0.5) is 10.5 Å². The molecule has 1 atom stereocenters. The van der Waals surface area contributed by atoms with Crippen LogP contribution in [0.25, 0.3) is 0 Å². The van der Waals surface area contributed by atoms with E-state index in [1.54, 1.807) is 37.3 Å². The van der Waals surface area contributed by atoms with Gasteiger partial charge in [-0.15, -0.1) is 0 Å². The van der Waals surface area contributed by atoms with Gasteiger partial charge in [-0.1, -0.05) is 83.9 Å². The Morgan fingerprint density at radius 3 is 2.41 bits per heavy atom. The lowest BCUT2D eigenvalue weighted by atomic mass is 9.97. The van der Waals surface area contributed by atoms with Crippen LogP contribution in [-0.2, 0) is 35.1 Å². The molecule has 0 saturated carbocycles. The predicted molar refractivity (Wildman–Crippen MR) is 165 cm³/mol. The summed E-state index contributed by atoms with van der Waals surface area (Å²) in [5.74, 6) is -0.0841. The smallest absolute Gasteiger partial charge is 0.319 e. The van der Waals surface area contributed by atoms with Crippen molar-refractivity contribution in [2.75, 3.05) is 11.9 Å². The molecule has 0 saturated heterocycles. The number of sulfone groups is 1. The maximum Gasteiger partial charge on any atom is 0.319 e. The number of hydrogen-bond donors (Lipinski definition) is 2. The van der Waals surface area contributed by atoms with Gasteiger partial charge in [-0.25, -0.2) is 13.2 Å². The molecule has 0 aromatic heterocycles. The molecule has 1 heterocycles. The third-order valence-electron chi connectivity index (χ3n) is 7.23. The van der Waals surface area contributed by atoms with E-state index in [4.69, 9.17) is 23.2 Å². The van der Waals surface area contributed by atoms with Gasteiger partial charge in [-0.3, -0.25) is 4.90 Å². The number of carbonyl (C=O) groups is 1. The fourth-order valence-corrected chi connectivity index (χ4v) is 6.88. The lowest BCUT2D eigenvalue weighted by molar-refractivity contribution is 0.245. The van der Waals surface area contributed by atoms with Gasteiger partial charge in [0.1, 0.15) is 0 Å². The van der Waals surface area contributed by atoms with Crippen LogP contribution in [0.3, 0.4) is 0 Å². The van der Waals surface area contributed by atoms with Crippen LogP contribution in [0.15, 0.2) is 95.9 Å². The standard InChI is InChI=1S/C32H31Cl2N3O3S/c1-22(29-8-5-9-30(33)31(29)34)35-32(38)36-27-12-14-28(15-13-27)41(39,40)21-24-10-11-26-20-37(17-16-25(26)18-24)19-23-6-3-2-4-7-23/h2-15,18,22H,16-17,19-21H2,1H3,(H2,35,36,38). The van der Waals surface area contributed by atoms with Crippen LogP contribution in [0.1, 0.15) is 40.8 Å². The zero-order chi connectivity index (χ0) is 29.0. The Morgan fingerprint density at radius 1 is 0.902 bits per heavy atom. The van der Waals surface area contributed by atoms with Crippen LogP contribution in [-0.4, -0.2) is 25.9 Å². The highest BCUT2D eigenvalue weighted by molar-refractivity contribution is 7.90. The van der Waals surface area contributed by atoms with Gasteiger partial charge in [0.05, 0.1) is 26.7 Å². The molecule has 9 heteroatoms. The highest BCUT2D eigenvalue weighted by atomic mass is 35.5. The molecule has 0 aliphatic carbocycles. The Bertz CT molecular complexity index is 1650. The van der Waals surface area contributed by atoms with E-state index in [0.717, 1.165) is 31.6 Å². The minimum atomic E-state index is -3.57. The topological polar surface area (TPSA) is 78.5 Å². The van der Waals surface area contributed by atoms with Crippen molar-refractivity contribution in [2.24, 2.45) is 0 Å². The number of fused-ring (bicyclic) bond motifs is 1. The van der Waals surface area contributed by atoms with Crippen LogP contribution in [0.2, 0.25) is 10.0 Å². The second-order valence-electron chi connectivity index (χ2n) is 10.3. The van der Waals surface area contributed by atoms with E-state index in [1.807, 2.05) is 18.2 Å². The number of nitrogens with one attached hydrogen (secondary N) is 2. The van der Waals surface area contributed by atoms with Gasteiger partial charge in [0.2, 0.25) is 0 Å². The highest BCUT2D eigenvalue weighted by Crippen LogP contribution is 2.30. The van der Waals surface area contributed by atoms with Crippen LogP contribution >= 0.6 is 23.2 Å². The summed E-state index contributed by atoms with van der Waals surface area (Å²) in [4.78, 5) is 15.1. The van der Waals surface area contributed by atoms with Crippen LogP contribution in [0, 0.1) is 0 Å². The molecule has 41 heavy (non-hydrogen) atoms. The number of benzene rings is 4. The highest BCUT2D eigenvalue weighted by Gasteiger charge is 2.20. The fraction of sp³-hybridized carbons (Fsp3) is 0.219. The monoisotopic (exact) mass is 607 g/mol. The quantitative estimate of drug-likeness (QED) is 0.218. The largest absolute Gasteiger partial charge is 0.331 e. The first-order valence-corrected chi connectivity index (χ1v) is 15.8. The predicted octanol–water partition coefficient (Wildman–Crippen LogP) is 7.41. The van der Waals surface area contributed by atoms with Crippen LogP contribution < -0.4 is 10.6 Å². The van der Waals surface area contributed by atoms with Crippen molar-refractivity contribution in [3.63, 3.8) is 0 Å². The lowest BCUT2D eigenvalue weighted by Gasteiger charge is -2.29. The van der Waals surface area contributed by atoms with Crippen molar-refractivity contribution in [3.8, 4) is 0 Å². The van der Waals surface area contributed by atoms with Gasteiger partial charge in [0.25, 0.3) is 0 Å². The van der Waals surface area contributed by atoms with E-state index in [1.165, 1.54) is 28.8 Å². The first-order chi connectivity index (χ1) is 19.7. The van der Waals surface area contributed by atoms with E-state index < -0.39 is 15.9 Å². The third kappa shape index (κ3) is 7.29. The summed E-state index contributed by atoms with van der Waals surface area (Å²) >= 11 is 12.3. The Labute approximate surface area is 251 Å². The third-order valence-corrected chi connectivity index (χ3v) is 9.77. The molecule has 6 nitrogen and oxygen atoms in total. The molecule has 4 aromatic carbocycles. The molecule has 0 bridgehead atoms. The van der Waals surface area contributed by atoms with E-state index >= 15 is 0 Å². The van der Waals surface area contributed by atoms with Gasteiger partial charge in [0.15, 0.2) is 9.84 Å². The van der Waals surface area contributed by atoms with E-state index in [9.17, 15) is 13.2 Å². The second kappa shape index (κ2) is 12.7. The summed E-state index contributed by atoms with van der Waals surface area (Å²) < 4.78 is 26.4. The zero-order valence-corrected chi connectivity index (χ0v) is 24.9. The van der Waals surface area contributed by atoms with Crippen molar-refractivity contribution in [3.05, 3.63) is 129 Å². The Kier molecular flexibility index (Phi) is 9.00. The van der Waals surface area contributed by atoms with Gasteiger partial charge in [-0.05, 0) is 71.5 Å². The molecular formula is C32H31Cl2N3O3S. The summed E-state index contributed by atoms with van der Waals surface area (Å²) in [5.41, 5.74) is 5.69. The maximum absolute atomic E-state index is 13.2. The molecule has 0 fully saturated rings. The number of halogens is 2. The Morgan fingerprint density at radius 2 is 1.66 bits per heavy atom. The first-order valence-electron chi connectivity index (χ1n) is 13.4. The SMILES string of the molecule is CC(NC(=O)Nc1ccc(S(=O)(=O)Cc2ccc3c(c2)CCN(Cc2ccccc2)C3)cc1)c1cccc(Cl)c1Cl. The Balaban J connectivity index is 1.18. The van der Waals surface area contributed by atoms with E-state index in [0.29, 0.717) is 21.3 Å². The molecule has 0 spiro atoms. The van der Waals surface area contributed by atoms with Gasteiger partial charge in [-0.2, -0.15) is 0 Å². The maximum atomic E-state index is 13.2. The minimum absolute atomic E-state index is 0.0841. The number of nitrogens with zero attached hydrogens (tertiary/aromatic N) is 1. The van der Waals surface area contributed by atoms with Gasteiger partial charge >= 0.3 is 6.03 Å². The second-order valence-corrected chi connectivity index (χ2v) is 13.1. The molecule has 1 unspecified atom stereocenters. The normalized spacial score (nSPS) is 14.2. The average molecular weight is 609 g/mol. The molecular weight excluding hydrogens is 577 g/mol. The number of carbonyl (C=O) groups excluding carboxylic acids is 1. The number of amides is 2. The van der Waals surface area contributed by atoms with Crippen molar-refractivity contribution < 1.29 is 13.2 Å². The number of hydrogen-bond acceptors (Lipinski definition) is 4. The first kappa shape index (κ1) is 29.1. The molecule has 5 rings (SSSR count). The molecule has 1 aliphatic rings. The number of rotatable bonds is 8. The molecule has 2 N–H and O–H groups in total. The summed E-state index contributed by atoms with van der Waals surface area (Å²) in [6.45, 7) is 4.49. The molecule has 2 amide bonds. The molecule has 212 valence electrons. The zero-order valence-electron chi connectivity index (χ0n) is 22.6. The average Bonchev–Trinajstić information content (AvgIpc) is 2.95. The van der Waals surface area contributed by atoms with Crippen molar-refractivity contribution in [1.82, 2.24) is 10.2 Å². The van der Waals surface area contributed by atoms with Crippen molar-refractivity contribution in [1.29, 1.82) is 0 Å². The summed E-state index contributed by atoms with van der Waals surface area (Å²) in [6.07, 6.45) is 0.890. The molecule has 4 aromatic rings.